The van der Waals surface area contributed by atoms with Crippen LogP contribution in [0.2, 0.25) is 0 Å². The molecule has 1 aliphatic carbocycles. The molecule has 2 aromatic carbocycles. The van der Waals surface area contributed by atoms with Crippen molar-refractivity contribution in [3.05, 3.63) is 59.0 Å². The number of likely N-dealkylation sites (tertiary alicyclic amines) is 1. The van der Waals surface area contributed by atoms with Crippen molar-refractivity contribution in [2.24, 2.45) is 22.9 Å². The Labute approximate surface area is 434 Å². The summed E-state index contributed by atoms with van der Waals surface area (Å²) in [6, 6.07) is 7.84. The fourth-order valence-electron chi connectivity index (χ4n) is 8.99. The summed E-state index contributed by atoms with van der Waals surface area (Å²) in [5, 5.41) is 7.47. The molecule has 22 nitrogen and oxygen atoms in total. The monoisotopic (exact) mass is 1060 g/mol. The number of carbonyl (C=O) groups excluding carboxylic acids is 7. The second-order valence-corrected chi connectivity index (χ2v) is 22.3. The van der Waals surface area contributed by atoms with Gasteiger partial charge in [-0.05, 0) is 105 Å². The molecule has 0 spiro atoms. The van der Waals surface area contributed by atoms with Gasteiger partial charge in [-0.3, -0.25) is 33.6 Å². The zero-order chi connectivity index (χ0) is 55.2. The van der Waals surface area contributed by atoms with Crippen LogP contribution in [0.4, 0.5) is 15.3 Å². The van der Waals surface area contributed by atoms with Gasteiger partial charge in [0.15, 0.2) is 0 Å². The van der Waals surface area contributed by atoms with E-state index in [1.165, 1.54) is 79.6 Å². The molecule has 0 aromatic heterocycles. The number of amides is 6. The van der Waals surface area contributed by atoms with E-state index in [1.54, 1.807) is 53.5 Å². The topological polar surface area (TPSA) is 275 Å². The average molecular weight is 1060 g/mol. The van der Waals surface area contributed by atoms with Crippen LogP contribution in [0.3, 0.4) is 0 Å². The van der Waals surface area contributed by atoms with Gasteiger partial charge in [0.2, 0.25) is 33.7 Å². The summed E-state index contributed by atoms with van der Waals surface area (Å²) in [7, 11) is 1.91. The van der Waals surface area contributed by atoms with E-state index in [4.69, 9.17) is 23.7 Å². The number of likely N-dealkylation sites (N-methyl/N-ethyl adjacent to an activating group) is 2. The number of sulfonamides is 1. The molecule has 1 saturated heterocycles. The van der Waals surface area contributed by atoms with Crippen LogP contribution in [0.5, 0.6) is 11.5 Å². The Balaban J connectivity index is 1.45. The molecule has 0 bridgehead atoms. The molecule has 3 N–H and O–H groups in total. The summed E-state index contributed by atoms with van der Waals surface area (Å²) < 4.78 is 55.7. The maximum absolute atomic E-state index is 14.4. The lowest BCUT2D eigenvalue weighted by molar-refractivity contribution is -0.146. The molecular weight excluding hydrogens is 983 g/mol. The largest absolute Gasteiger partial charge is 0.519 e. The minimum absolute atomic E-state index is 0.0783. The molecule has 0 radical (unpaired) electrons. The van der Waals surface area contributed by atoms with Crippen LogP contribution in [-0.4, -0.2) is 154 Å². The molecule has 2 aliphatic rings. The number of nitrogens with zero attached hydrogens (tertiary/aromatic N) is 4. The van der Waals surface area contributed by atoms with E-state index in [0.717, 1.165) is 0 Å². The van der Waals surface area contributed by atoms with Crippen LogP contribution in [0, 0.1) is 22.7 Å². The highest BCUT2D eigenvalue weighted by atomic mass is 32.2. The van der Waals surface area contributed by atoms with Crippen LogP contribution in [0.1, 0.15) is 99.5 Å². The van der Waals surface area contributed by atoms with Gasteiger partial charge >= 0.3 is 12.2 Å². The van der Waals surface area contributed by atoms with Gasteiger partial charge < -0.3 is 44.1 Å². The van der Waals surface area contributed by atoms with Crippen LogP contribution in [-0.2, 0) is 54.6 Å². The van der Waals surface area contributed by atoms with Crippen molar-refractivity contribution >= 4 is 57.5 Å². The Hall–Kier alpha value is -6.20. The summed E-state index contributed by atoms with van der Waals surface area (Å²) >= 11 is 0. The number of nitroso groups, excluding NO2 is 1. The number of rotatable bonds is 25. The summed E-state index contributed by atoms with van der Waals surface area (Å²) in [4.78, 5) is 110. The highest BCUT2D eigenvalue weighted by Crippen LogP contribution is 2.31. The SMILES string of the molecule is CCC(C)C(C(CC(=O)N1CCCC1C(OC)C(C)C(=O)NC(Cc1ccc(OC(=O)Oc2ccc(N=O)cc2)cc1)C(=O)NS(=O)(=O)C1CC1)OC)N(C)C(=O)CNC(=O)C(C(C)C)N(C)C(=O)OC(C)(C)C. The molecule has 4 rings (SSSR count). The van der Waals surface area contributed by atoms with Crippen molar-refractivity contribution in [1.29, 1.82) is 0 Å². The van der Waals surface area contributed by atoms with Gasteiger partial charge in [-0.1, -0.05) is 53.2 Å². The Bertz CT molecular complexity index is 2390. The third-order valence-electron chi connectivity index (χ3n) is 13.3. The normalized spacial score (nSPS) is 17.6. The maximum Gasteiger partial charge on any atom is 0.519 e. The van der Waals surface area contributed by atoms with Crippen molar-refractivity contribution < 1.29 is 65.7 Å². The zero-order valence-corrected chi connectivity index (χ0v) is 45.4. The zero-order valence-electron chi connectivity index (χ0n) is 44.6. The van der Waals surface area contributed by atoms with Gasteiger partial charge in [0.05, 0.1) is 48.4 Å². The number of ether oxygens (including phenoxy) is 5. The van der Waals surface area contributed by atoms with E-state index in [-0.39, 0.29) is 54.3 Å². The number of hydrogen-bond donors (Lipinski definition) is 3. The lowest BCUT2D eigenvalue weighted by Gasteiger charge is -2.39. The number of methoxy groups -OCH3 is 2. The summed E-state index contributed by atoms with van der Waals surface area (Å²) in [6.07, 6.45) is -1.27. The van der Waals surface area contributed by atoms with Gasteiger partial charge in [0.25, 0.3) is 5.91 Å². The Morgan fingerprint density at radius 1 is 0.824 bits per heavy atom. The Morgan fingerprint density at radius 3 is 1.93 bits per heavy atom. The van der Waals surface area contributed by atoms with Crippen molar-refractivity contribution in [1.82, 2.24) is 30.1 Å². The van der Waals surface area contributed by atoms with Crippen LogP contribution >= 0.6 is 0 Å². The highest BCUT2D eigenvalue weighted by molar-refractivity contribution is 7.90. The third-order valence-corrected chi connectivity index (χ3v) is 15.1. The van der Waals surface area contributed by atoms with Gasteiger partial charge in [0, 0.05) is 41.3 Å². The predicted octanol–water partition coefficient (Wildman–Crippen LogP) is 5.23. The fourth-order valence-corrected chi connectivity index (χ4v) is 10.3. The summed E-state index contributed by atoms with van der Waals surface area (Å²) in [6.45, 7) is 14.1. The third kappa shape index (κ3) is 16.9. The maximum atomic E-state index is 14.4. The second kappa shape index (κ2) is 26.8. The van der Waals surface area contributed by atoms with Gasteiger partial charge in [-0.2, -0.15) is 0 Å². The van der Waals surface area contributed by atoms with Gasteiger partial charge in [-0.25, -0.2) is 18.0 Å². The van der Waals surface area contributed by atoms with Gasteiger partial charge in [-0.15, -0.1) is 4.91 Å². The minimum Gasteiger partial charge on any atom is -0.444 e. The van der Waals surface area contributed by atoms with E-state index in [1.807, 2.05) is 13.8 Å². The Kier molecular flexibility index (Phi) is 21.9. The Morgan fingerprint density at radius 2 is 1.42 bits per heavy atom. The number of hydrogen-bond acceptors (Lipinski definition) is 16. The first-order valence-corrected chi connectivity index (χ1v) is 26.4. The molecule has 410 valence electrons. The molecule has 6 amide bonds. The standard InChI is InChI=1S/C51H75N7O15S/c1-13-31(4)44(56(9)42(60)29-52-48(63)43(30(2)3)57(10)49(64)73-51(6,7)8)40(69-11)28-41(59)58-26-14-15-39(58)45(70-12)32(5)46(61)53-38(47(62)55-74(67,68)37-24-25-37)27-33-16-20-35(21-17-33)71-50(65)72-36-22-18-34(54-66)19-23-36/h16-23,30-32,37-40,43-45H,13-15,24-29H2,1-12H3,(H,52,63)(H,53,61)(H,55,62). The second-order valence-electron chi connectivity index (χ2n) is 20.3. The molecule has 1 saturated carbocycles. The van der Waals surface area contributed by atoms with Crippen LogP contribution in [0.25, 0.3) is 0 Å². The molecular formula is C51H75N7O15S. The van der Waals surface area contributed by atoms with Crippen molar-refractivity contribution in [2.45, 2.75) is 148 Å². The molecule has 23 heteroatoms. The van der Waals surface area contributed by atoms with Crippen molar-refractivity contribution in [2.75, 3.05) is 41.4 Å². The van der Waals surface area contributed by atoms with E-state index in [9.17, 15) is 46.9 Å². The molecule has 2 aromatic rings. The quantitative estimate of drug-likeness (QED) is 0.0653. The number of carbonyl (C=O) groups is 7. The molecule has 1 heterocycles. The molecule has 2 fully saturated rings. The highest BCUT2D eigenvalue weighted by Gasteiger charge is 2.44. The minimum atomic E-state index is -4.02. The van der Waals surface area contributed by atoms with Gasteiger partial charge in [0.1, 0.15) is 34.9 Å². The molecule has 1 aliphatic heterocycles. The molecule has 8 atom stereocenters. The predicted molar refractivity (Wildman–Crippen MR) is 272 cm³/mol. The van der Waals surface area contributed by atoms with Crippen molar-refractivity contribution in [3.8, 4) is 11.5 Å². The summed E-state index contributed by atoms with van der Waals surface area (Å²) in [5.74, 6) is -4.16. The average Bonchev–Trinajstić information content (AvgIpc) is 4.11. The van der Waals surface area contributed by atoms with E-state index < -0.39 is 99.0 Å². The first-order chi connectivity index (χ1) is 34.7. The fraction of sp³-hybridized carbons (Fsp3) is 0.627. The first-order valence-electron chi connectivity index (χ1n) is 24.9. The first kappa shape index (κ1) is 60.4. The lowest BCUT2D eigenvalue weighted by Crippen LogP contribution is -2.56. The van der Waals surface area contributed by atoms with Crippen molar-refractivity contribution in [3.63, 3.8) is 0 Å². The summed E-state index contributed by atoms with van der Waals surface area (Å²) in [5.41, 5.74) is -0.174. The number of benzene rings is 2. The van der Waals surface area contributed by atoms with E-state index >= 15 is 0 Å². The number of nitrogens with one attached hydrogen (secondary N) is 3. The van der Waals surface area contributed by atoms with E-state index in [2.05, 4.69) is 20.5 Å². The molecule has 74 heavy (non-hydrogen) atoms. The lowest BCUT2D eigenvalue weighted by atomic mass is 9.90. The van der Waals surface area contributed by atoms with E-state index in [0.29, 0.717) is 44.2 Å². The van der Waals surface area contributed by atoms with Crippen LogP contribution in [0.15, 0.2) is 53.7 Å². The smallest absolute Gasteiger partial charge is 0.444 e. The van der Waals surface area contributed by atoms with Crippen LogP contribution < -0.4 is 24.8 Å². The molecule has 8 unspecified atom stereocenters.